The van der Waals surface area contributed by atoms with Crippen LogP contribution >= 0.6 is 0 Å². The van der Waals surface area contributed by atoms with E-state index in [2.05, 4.69) is 57.8 Å². The molecule has 5 nitrogen and oxygen atoms in total. The molecule has 1 aromatic rings. The maximum absolute atomic E-state index is 13.0. The predicted octanol–water partition coefficient (Wildman–Crippen LogP) is 0.896. The van der Waals surface area contributed by atoms with Gasteiger partial charge < -0.3 is 14.7 Å². The van der Waals surface area contributed by atoms with Crippen LogP contribution in [0.4, 0.5) is 5.69 Å². The highest BCUT2D eigenvalue weighted by atomic mass is 16.2. The molecule has 1 aromatic carbocycles. The van der Waals surface area contributed by atoms with E-state index < -0.39 is 0 Å². The third kappa shape index (κ3) is 2.80. The Morgan fingerprint density at radius 1 is 1.08 bits per heavy atom. The van der Waals surface area contributed by atoms with Crippen LogP contribution in [0.2, 0.25) is 0 Å². The molecule has 3 heterocycles. The number of para-hydroxylation sites is 1. The van der Waals surface area contributed by atoms with Crippen LogP contribution in [0, 0.1) is 0 Å². The minimum Gasteiger partial charge on any atom is -0.364 e. The summed E-state index contributed by atoms with van der Waals surface area (Å²) in [5.41, 5.74) is 2.81. The number of amides is 1. The van der Waals surface area contributed by atoms with Gasteiger partial charge in [0.05, 0.1) is 12.1 Å². The molecule has 0 aliphatic carbocycles. The normalized spacial score (nSPS) is 26.2. The quantitative estimate of drug-likeness (QED) is 0.807. The van der Waals surface area contributed by atoms with Crippen LogP contribution in [0.15, 0.2) is 24.3 Å². The van der Waals surface area contributed by atoms with Crippen molar-refractivity contribution in [1.29, 1.82) is 0 Å². The molecule has 4 rings (SSSR count). The number of hydrogen-bond donors (Lipinski definition) is 0. The molecule has 3 aliphatic rings. The molecule has 1 amide bonds. The second-order valence-electron chi connectivity index (χ2n) is 7.48. The average Bonchev–Trinajstić information content (AvgIpc) is 2.99. The summed E-state index contributed by atoms with van der Waals surface area (Å²) in [5, 5.41) is 0. The van der Waals surface area contributed by atoms with Gasteiger partial charge in [-0.1, -0.05) is 18.2 Å². The van der Waals surface area contributed by atoms with Crippen molar-refractivity contribution in [2.45, 2.75) is 25.4 Å². The summed E-state index contributed by atoms with van der Waals surface area (Å²) in [7, 11) is 2.15. The molecular weight excluding hydrogens is 300 g/mol. The van der Waals surface area contributed by atoms with Gasteiger partial charge in [0.15, 0.2) is 0 Å². The number of rotatable bonds is 2. The Balaban J connectivity index is 1.39. The molecular formula is C19H28N4O. The monoisotopic (exact) mass is 328 g/mol. The molecule has 0 saturated carbocycles. The molecule has 0 spiro atoms. The minimum absolute atomic E-state index is 0.00836. The van der Waals surface area contributed by atoms with Crippen molar-refractivity contribution >= 4 is 11.6 Å². The van der Waals surface area contributed by atoms with Crippen LogP contribution < -0.4 is 4.90 Å². The molecule has 0 aromatic heterocycles. The molecule has 0 unspecified atom stereocenters. The Bertz CT molecular complexity index is 611. The molecule has 5 heteroatoms. The van der Waals surface area contributed by atoms with Gasteiger partial charge in [0.25, 0.3) is 0 Å². The fraction of sp³-hybridized carbons (Fsp3) is 0.632. The number of piperazine rings is 2. The largest absolute Gasteiger partial charge is 0.364 e. The van der Waals surface area contributed by atoms with Crippen LogP contribution in [-0.2, 0) is 11.2 Å². The minimum atomic E-state index is 0.00836. The van der Waals surface area contributed by atoms with Crippen molar-refractivity contribution in [3.63, 3.8) is 0 Å². The van der Waals surface area contributed by atoms with Gasteiger partial charge >= 0.3 is 0 Å². The van der Waals surface area contributed by atoms with Crippen molar-refractivity contribution in [1.82, 2.24) is 14.7 Å². The van der Waals surface area contributed by atoms with Crippen LogP contribution in [0.5, 0.6) is 0 Å². The average molecular weight is 328 g/mol. The third-order valence-electron chi connectivity index (χ3n) is 5.99. The van der Waals surface area contributed by atoms with E-state index in [9.17, 15) is 4.79 Å². The fourth-order valence-electron chi connectivity index (χ4n) is 4.39. The first kappa shape index (κ1) is 15.9. The van der Waals surface area contributed by atoms with Crippen molar-refractivity contribution < 1.29 is 4.79 Å². The third-order valence-corrected chi connectivity index (χ3v) is 5.99. The van der Waals surface area contributed by atoms with Gasteiger partial charge in [0, 0.05) is 51.5 Å². The molecule has 3 aliphatic heterocycles. The van der Waals surface area contributed by atoms with E-state index in [1.165, 1.54) is 11.3 Å². The van der Waals surface area contributed by atoms with Crippen LogP contribution in [-0.4, -0.2) is 85.6 Å². The molecule has 0 N–H and O–H groups in total. The first-order valence-electron chi connectivity index (χ1n) is 9.19. The summed E-state index contributed by atoms with van der Waals surface area (Å²) in [6.07, 6.45) is 1.07. The molecule has 130 valence electrons. The number of likely N-dealkylation sites (N-methyl/N-ethyl adjacent to an activating group) is 1. The van der Waals surface area contributed by atoms with E-state index in [4.69, 9.17) is 0 Å². The van der Waals surface area contributed by atoms with Gasteiger partial charge in [-0.05, 0) is 32.0 Å². The summed E-state index contributed by atoms with van der Waals surface area (Å²) < 4.78 is 0. The zero-order valence-electron chi connectivity index (χ0n) is 14.8. The van der Waals surface area contributed by atoms with Crippen molar-refractivity contribution in [3.8, 4) is 0 Å². The van der Waals surface area contributed by atoms with Crippen LogP contribution in [0.25, 0.3) is 0 Å². The lowest BCUT2D eigenvalue weighted by Gasteiger charge is -2.42. The molecule has 0 radical (unpaired) electrons. The number of anilines is 1. The predicted molar refractivity (Wildman–Crippen MR) is 96.4 cm³/mol. The second kappa shape index (κ2) is 6.37. The molecule has 0 bridgehead atoms. The number of hydrogen-bond acceptors (Lipinski definition) is 4. The van der Waals surface area contributed by atoms with Gasteiger partial charge in [-0.2, -0.15) is 0 Å². The second-order valence-corrected chi connectivity index (χ2v) is 7.48. The van der Waals surface area contributed by atoms with Gasteiger partial charge in [0.2, 0.25) is 5.91 Å². The highest BCUT2D eigenvalue weighted by Gasteiger charge is 2.37. The van der Waals surface area contributed by atoms with E-state index in [0.29, 0.717) is 11.9 Å². The smallest absolute Gasteiger partial charge is 0.239 e. The van der Waals surface area contributed by atoms with Crippen molar-refractivity contribution in [2.24, 2.45) is 0 Å². The van der Waals surface area contributed by atoms with Gasteiger partial charge in [-0.3, -0.25) is 9.69 Å². The van der Waals surface area contributed by atoms with Gasteiger partial charge in [-0.15, -0.1) is 0 Å². The van der Waals surface area contributed by atoms with Gasteiger partial charge in [0.1, 0.15) is 0 Å². The highest BCUT2D eigenvalue weighted by molar-refractivity contribution is 5.82. The summed E-state index contributed by atoms with van der Waals surface area (Å²) in [6, 6.07) is 9.16. The number of carbonyl (C=O) groups excluding carboxylic acids is 1. The Hall–Kier alpha value is -1.59. The standard InChI is InChI=1S/C19H28N4O/c1-15(21-9-7-20(2)8-10-21)19(24)22-11-12-23-17(14-22)13-16-5-3-4-6-18(16)23/h3-6,15,17H,7-14H2,1-2H3/t15-,17+/m1/s1. The van der Waals surface area contributed by atoms with Gasteiger partial charge in [-0.25, -0.2) is 0 Å². The van der Waals surface area contributed by atoms with E-state index in [1.54, 1.807) is 0 Å². The zero-order valence-corrected chi connectivity index (χ0v) is 14.8. The molecule has 2 saturated heterocycles. The topological polar surface area (TPSA) is 30.0 Å². The number of carbonyl (C=O) groups is 1. The maximum Gasteiger partial charge on any atom is 0.239 e. The first-order chi connectivity index (χ1) is 11.6. The molecule has 2 fully saturated rings. The number of fused-ring (bicyclic) bond motifs is 3. The summed E-state index contributed by atoms with van der Waals surface area (Å²) in [5.74, 6) is 0.315. The maximum atomic E-state index is 13.0. The first-order valence-corrected chi connectivity index (χ1v) is 9.19. The zero-order chi connectivity index (χ0) is 16.7. The lowest BCUT2D eigenvalue weighted by Crippen LogP contribution is -2.59. The molecule has 2 atom stereocenters. The number of nitrogens with zero attached hydrogens (tertiary/aromatic N) is 4. The molecule has 24 heavy (non-hydrogen) atoms. The number of benzene rings is 1. The van der Waals surface area contributed by atoms with E-state index in [-0.39, 0.29) is 6.04 Å². The summed E-state index contributed by atoms with van der Waals surface area (Å²) in [6.45, 7) is 8.88. The SMILES string of the molecule is C[C@H](C(=O)N1CCN2c3ccccc3C[C@H]2C1)N1CCN(C)CC1. The Morgan fingerprint density at radius 2 is 1.83 bits per heavy atom. The Morgan fingerprint density at radius 3 is 2.62 bits per heavy atom. The Kier molecular flexibility index (Phi) is 4.22. The lowest BCUT2D eigenvalue weighted by molar-refractivity contribution is -0.137. The van der Waals surface area contributed by atoms with Crippen LogP contribution in [0.3, 0.4) is 0 Å². The lowest BCUT2D eigenvalue weighted by atomic mass is 10.1. The fourth-order valence-corrected chi connectivity index (χ4v) is 4.39. The van der Waals surface area contributed by atoms with E-state index in [1.807, 2.05) is 0 Å². The highest BCUT2D eigenvalue weighted by Crippen LogP contribution is 2.34. The Labute approximate surface area is 144 Å². The van der Waals surface area contributed by atoms with Crippen molar-refractivity contribution in [3.05, 3.63) is 29.8 Å². The summed E-state index contributed by atoms with van der Waals surface area (Å²) >= 11 is 0. The van der Waals surface area contributed by atoms with Crippen LogP contribution in [0.1, 0.15) is 12.5 Å². The van der Waals surface area contributed by atoms with E-state index >= 15 is 0 Å². The van der Waals surface area contributed by atoms with Crippen molar-refractivity contribution in [2.75, 3.05) is 57.8 Å². The van der Waals surface area contributed by atoms with E-state index in [0.717, 1.165) is 52.2 Å². The summed E-state index contributed by atoms with van der Waals surface area (Å²) in [4.78, 5) is 22.3.